The minimum absolute atomic E-state index is 1.11. The molecule has 1 aliphatic rings. The van der Waals surface area contributed by atoms with Gasteiger partial charge in [-0.1, -0.05) is 39.5 Å². The Morgan fingerprint density at radius 1 is 1.10 bits per heavy atom. The molecule has 0 aromatic carbocycles. The minimum Gasteiger partial charge on any atom is -0.0651 e. The SMILES string of the molecule is CCC1CCC(CC)C1[SiH3]. The van der Waals surface area contributed by atoms with E-state index in [1.165, 1.54) is 35.9 Å². The summed E-state index contributed by atoms with van der Waals surface area (Å²) in [4.78, 5) is 0. The Morgan fingerprint density at radius 2 is 1.50 bits per heavy atom. The Bertz CT molecular complexity index is 88.9. The lowest BCUT2D eigenvalue weighted by molar-refractivity contribution is 0.472. The van der Waals surface area contributed by atoms with Gasteiger partial charge in [0.1, 0.15) is 0 Å². The maximum Gasteiger partial charge on any atom is 0.00743 e. The van der Waals surface area contributed by atoms with Gasteiger partial charge in [-0.15, -0.1) is 0 Å². The average Bonchev–Trinajstić information content (AvgIpc) is 2.30. The summed E-state index contributed by atoms with van der Waals surface area (Å²) < 4.78 is 0. The largest absolute Gasteiger partial charge is 0.0651 e. The molecular formula is C9H20Si. The predicted molar refractivity (Wildman–Crippen MR) is 50.5 cm³/mol. The summed E-state index contributed by atoms with van der Waals surface area (Å²) in [5, 5.41) is 0. The molecule has 0 aromatic rings. The standard InChI is InChI=1S/C9H20Si/c1-3-7-5-6-8(4-2)9(7)10/h7-9H,3-6H2,1-2,10H3. The zero-order chi connectivity index (χ0) is 7.56. The van der Waals surface area contributed by atoms with Crippen LogP contribution in [-0.2, 0) is 0 Å². The van der Waals surface area contributed by atoms with Crippen LogP contribution >= 0.6 is 0 Å². The topological polar surface area (TPSA) is 0 Å². The first-order valence-electron chi connectivity index (χ1n) is 4.79. The van der Waals surface area contributed by atoms with Gasteiger partial charge >= 0.3 is 0 Å². The fraction of sp³-hybridized carbons (Fsp3) is 1.00. The molecule has 0 spiro atoms. The summed E-state index contributed by atoms with van der Waals surface area (Å²) in [5.74, 6) is 2.22. The van der Waals surface area contributed by atoms with Gasteiger partial charge in [-0.2, -0.15) is 0 Å². The monoisotopic (exact) mass is 156 g/mol. The van der Waals surface area contributed by atoms with Gasteiger partial charge in [-0.05, 0) is 17.4 Å². The maximum absolute atomic E-state index is 2.35. The van der Waals surface area contributed by atoms with E-state index in [1.54, 1.807) is 0 Å². The fourth-order valence-electron chi connectivity index (χ4n) is 2.49. The highest BCUT2D eigenvalue weighted by atomic mass is 28.1. The zero-order valence-electron chi connectivity index (χ0n) is 7.56. The molecule has 0 saturated heterocycles. The van der Waals surface area contributed by atoms with Crippen molar-refractivity contribution in [3.8, 4) is 0 Å². The number of hydrogen-bond acceptors (Lipinski definition) is 0. The van der Waals surface area contributed by atoms with Crippen LogP contribution in [0.25, 0.3) is 0 Å². The van der Waals surface area contributed by atoms with Crippen LogP contribution in [0.1, 0.15) is 39.5 Å². The van der Waals surface area contributed by atoms with Crippen molar-refractivity contribution in [2.75, 3.05) is 0 Å². The third kappa shape index (κ3) is 1.44. The van der Waals surface area contributed by atoms with Crippen molar-refractivity contribution in [3.63, 3.8) is 0 Å². The van der Waals surface area contributed by atoms with E-state index < -0.39 is 0 Å². The first-order chi connectivity index (χ1) is 4.79. The second-order valence-electron chi connectivity index (χ2n) is 3.77. The summed E-state index contributed by atoms with van der Waals surface area (Å²) in [6.07, 6.45) is 5.93. The highest BCUT2D eigenvalue weighted by Crippen LogP contribution is 2.42. The minimum atomic E-state index is 1.11. The highest BCUT2D eigenvalue weighted by Gasteiger charge is 2.29. The van der Waals surface area contributed by atoms with E-state index in [-0.39, 0.29) is 0 Å². The first kappa shape index (κ1) is 8.31. The smallest absolute Gasteiger partial charge is 0.00743 e. The Kier molecular flexibility index (Phi) is 2.96. The van der Waals surface area contributed by atoms with Crippen LogP contribution < -0.4 is 0 Å². The summed E-state index contributed by atoms with van der Waals surface area (Å²) in [5.41, 5.74) is 1.15. The number of rotatable bonds is 2. The highest BCUT2D eigenvalue weighted by molar-refractivity contribution is 6.12. The van der Waals surface area contributed by atoms with E-state index in [0.717, 1.165) is 17.4 Å². The fourth-order valence-corrected chi connectivity index (χ4v) is 4.10. The van der Waals surface area contributed by atoms with Crippen molar-refractivity contribution < 1.29 is 0 Å². The molecule has 1 fully saturated rings. The van der Waals surface area contributed by atoms with Gasteiger partial charge < -0.3 is 0 Å². The van der Waals surface area contributed by atoms with Crippen molar-refractivity contribution in [1.82, 2.24) is 0 Å². The lowest BCUT2D eigenvalue weighted by Crippen LogP contribution is -2.06. The molecule has 1 saturated carbocycles. The number of hydrogen-bond donors (Lipinski definition) is 0. The molecule has 0 bridgehead atoms. The quantitative estimate of drug-likeness (QED) is 0.536. The van der Waals surface area contributed by atoms with Crippen molar-refractivity contribution in [2.45, 2.75) is 45.1 Å². The Morgan fingerprint density at radius 3 is 1.70 bits per heavy atom. The zero-order valence-corrected chi connectivity index (χ0v) is 9.56. The van der Waals surface area contributed by atoms with Gasteiger partial charge in [0.2, 0.25) is 0 Å². The summed E-state index contributed by atoms with van der Waals surface area (Å²) >= 11 is 0. The van der Waals surface area contributed by atoms with Crippen LogP contribution in [0.3, 0.4) is 0 Å². The lowest BCUT2D eigenvalue weighted by Gasteiger charge is -2.17. The molecule has 10 heavy (non-hydrogen) atoms. The van der Waals surface area contributed by atoms with E-state index in [9.17, 15) is 0 Å². The third-order valence-corrected chi connectivity index (χ3v) is 5.33. The van der Waals surface area contributed by atoms with Crippen LogP contribution in [0.15, 0.2) is 0 Å². The van der Waals surface area contributed by atoms with Crippen molar-refractivity contribution >= 4 is 10.2 Å². The molecule has 0 N–H and O–H groups in total. The maximum atomic E-state index is 2.35. The summed E-state index contributed by atoms with van der Waals surface area (Å²) in [7, 11) is 1.44. The van der Waals surface area contributed by atoms with Gasteiger partial charge in [0.15, 0.2) is 0 Å². The molecule has 2 atom stereocenters. The molecule has 0 heterocycles. The first-order valence-corrected chi connectivity index (χ1v) is 5.95. The third-order valence-electron chi connectivity index (χ3n) is 3.44. The van der Waals surface area contributed by atoms with Crippen molar-refractivity contribution in [1.29, 1.82) is 0 Å². The Balaban J connectivity index is 2.41. The van der Waals surface area contributed by atoms with Gasteiger partial charge in [-0.25, -0.2) is 0 Å². The van der Waals surface area contributed by atoms with Crippen molar-refractivity contribution in [2.24, 2.45) is 11.8 Å². The van der Waals surface area contributed by atoms with Crippen LogP contribution in [0.2, 0.25) is 5.54 Å². The normalized spacial score (nSPS) is 40.8. The molecule has 1 rings (SSSR count). The second kappa shape index (κ2) is 3.56. The molecule has 1 heteroatoms. The van der Waals surface area contributed by atoms with E-state index in [2.05, 4.69) is 13.8 Å². The molecule has 0 aliphatic heterocycles. The van der Waals surface area contributed by atoms with Crippen molar-refractivity contribution in [3.05, 3.63) is 0 Å². The molecule has 0 radical (unpaired) electrons. The van der Waals surface area contributed by atoms with E-state index in [4.69, 9.17) is 0 Å². The lowest BCUT2D eigenvalue weighted by atomic mass is 10.00. The van der Waals surface area contributed by atoms with Gasteiger partial charge in [0.25, 0.3) is 0 Å². The van der Waals surface area contributed by atoms with Crippen LogP contribution in [0.5, 0.6) is 0 Å². The van der Waals surface area contributed by atoms with Crippen LogP contribution in [-0.4, -0.2) is 10.2 Å². The summed E-state index contributed by atoms with van der Waals surface area (Å²) in [6, 6.07) is 0. The Hall–Kier alpha value is 0.217. The summed E-state index contributed by atoms with van der Waals surface area (Å²) in [6.45, 7) is 4.71. The van der Waals surface area contributed by atoms with Gasteiger partial charge in [-0.3, -0.25) is 0 Å². The van der Waals surface area contributed by atoms with E-state index >= 15 is 0 Å². The molecule has 0 amide bonds. The molecule has 2 unspecified atom stereocenters. The average molecular weight is 156 g/mol. The molecule has 0 nitrogen and oxygen atoms in total. The molecule has 60 valence electrons. The van der Waals surface area contributed by atoms with Crippen LogP contribution in [0, 0.1) is 11.8 Å². The van der Waals surface area contributed by atoms with E-state index in [0.29, 0.717) is 0 Å². The molecular weight excluding hydrogens is 136 g/mol. The van der Waals surface area contributed by atoms with E-state index in [1.807, 2.05) is 0 Å². The predicted octanol–water partition coefficient (Wildman–Crippen LogP) is 1.99. The molecule has 1 aliphatic carbocycles. The molecule has 0 aromatic heterocycles. The second-order valence-corrected chi connectivity index (χ2v) is 5.11. The van der Waals surface area contributed by atoms with Gasteiger partial charge in [0.05, 0.1) is 0 Å². The van der Waals surface area contributed by atoms with Gasteiger partial charge in [0, 0.05) is 10.2 Å². The Labute approximate surface area is 67.8 Å². The van der Waals surface area contributed by atoms with Crippen LogP contribution in [0.4, 0.5) is 0 Å².